The van der Waals surface area contributed by atoms with Crippen molar-refractivity contribution in [1.29, 1.82) is 0 Å². The van der Waals surface area contributed by atoms with Crippen LogP contribution in [0.25, 0.3) is 0 Å². The lowest BCUT2D eigenvalue weighted by Gasteiger charge is -2.42. The Bertz CT molecular complexity index is 1190. The summed E-state index contributed by atoms with van der Waals surface area (Å²) in [5.41, 5.74) is 4.07. The predicted octanol–water partition coefficient (Wildman–Crippen LogP) is 8.83. The van der Waals surface area contributed by atoms with E-state index >= 15 is 0 Å². The molecule has 0 N–H and O–H groups in total. The fourth-order valence-electron chi connectivity index (χ4n) is 5.59. The highest BCUT2D eigenvalue weighted by Gasteiger charge is 2.44. The van der Waals surface area contributed by atoms with Gasteiger partial charge in [0.25, 0.3) is 0 Å². The van der Waals surface area contributed by atoms with Crippen molar-refractivity contribution in [3.63, 3.8) is 0 Å². The molecule has 0 amide bonds. The Morgan fingerprint density at radius 2 is 1.10 bits per heavy atom. The minimum atomic E-state index is -0.755. The third-order valence-corrected chi connectivity index (χ3v) is 14.1. The summed E-state index contributed by atoms with van der Waals surface area (Å²) >= 11 is 0. The molecule has 1 heterocycles. The molecule has 0 unspecified atom stereocenters. The molecule has 2 atom stereocenters. The zero-order valence-corrected chi connectivity index (χ0v) is 25.0. The Hall–Kier alpha value is -2.70. The largest absolute Gasteiger partial charge is 0.497 e. The van der Waals surface area contributed by atoms with Gasteiger partial charge in [0.2, 0.25) is 0 Å². The number of nitrogens with zero attached hydrogens (tertiary/aromatic N) is 1. The average molecular weight is 556 g/mol. The molecule has 5 rings (SSSR count). The average Bonchev–Trinajstić information content (AvgIpc) is 3.45. The van der Waals surface area contributed by atoms with Crippen LogP contribution in [0, 0.1) is 0 Å². The van der Waals surface area contributed by atoms with Crippen LogP contribution >= 0.6 is 16.1 Å². The van der Waals surface area contributed by atoms with Gasteiger partial charge in [-0.25, -0.2) is 0 Å². The van der Waals surface area contributed by atoms with E-state index in [1.54, 1.807) is 14.2 Å². The third-order valence-electron chi connectivity index (χ3n) is 7.56. The topological polar surface area (TPSA) is 21.7 Å². The Morgan fingerprint density at radius 3 is 1.49 bits per heavy atom. The maximum atomic E-state index is 5.54. The van der Waals surface area contributed by atoms with Gasteiger partial charge in [-0.2, -0.15) is 0 Å². The second kappa shape index (κ2) is 13.6. The number of unbranched alkanes of at least 4 members (excludes halogenated alkanes) is 1. The fourth-order valence-corrected chi connectivity index (χ4v) is 13.1. The lowest BCUT2D eigenvalue weighted by molar-refractivity contribution is 0.415. The molecular formula is C34H39NO2P2. The second-order valence-electron chi connectivity index (χ2n) is 9.97. The van der Waals surface area contributed by atoms with Crippen LogP contribution in [0.2, 0.25) is 0 Å². The van der Waals surface area contributed by atoms with Crippen molar-refractivity contribution in [2.75, 3.05) is 20.8 Å². The van der Waals surface area contributed by atoms with Crippen LogP contribution in [0.15, 0.2) is 109 Å². The minimum Gasteiger partial charge on any atom is -0.497 e. The molecule has 1 aliphatic heterocycles. The van der Waals surface area contributed by atoms with Crippen molar-refractivity contribution in [1.82, 2.24) is 4.44 Å². The Balaban J connectivity index is 1.66. The van der Waals surface area contributed by atoms with E-state index in [0.29, 0.717) is 11.3 Å². The van der Waals surface area contributed by atoms with E-state index in [4.69, 9.17) is 9.47 Å². The summed E-state index contributed by atoms with van der Waals surface area (Å²) < 4.78 is 14.0. The number of ether oxygens (including phenoxy) is 2. The van der Waals surface area contributed by atoms with Crippen LogP contribution in [-0.4, -0.2) is 25.2 Å². The molecule has 1 aliphatic rings. The number of benzene rings is 4. The molecule has 5 heteroatoms. The Labute approximate surface area is 236 Å². The van der Waals surface area contributed by atoms with E-state index in [1.807, 2.05) is 0 Å². The molecule has 1 saturated heterocycles. The maximum absolute atomic E-state index is 5.54. The lowest BCUT2D eigenvalue weighted by atomic mass is 10.0. The van der Waals surface area contributed by atoms with E-state index in [9.17, 15) is 0 Å². The Morgan fingerprint density at radius 1 is 0.667 bits per heavy atom. The number of hydrogen-bond donors (Lipinski definition) is 0. The summed E-state index contributed by atoms with van der Waals surface area (Å²) in [6.07, 6.45) is 4.83. The quantitative estimate of drug-likeness (QED) is 0.173. The minimum absolute atomic E-state index is 0.509. The molecule has 39 heavy (non-hydrogen) atoms. The van der Waals surface area contributed by atoms with Crippen molar-refractivity contribution in [3.05, 3.63) is 120 Å². The number of methoxy groups -OCH3 is 2. The highest BCUT2D eigenvalue weighted by Crippen LogP contribution is 2.76. The van der Waals surface area contributed by atoms with Gasteiger partial charge in [-0.1, -0.05) is 74.0 Å². The molecule has 0 aromatic heterocycles. The normalized spacial score (nSPS) is 17.6. The first-order valence-corrected chi connectivity index (χ1v) is 16.7. The van der Waals surface area contributed by atoms with Crippen molar-refractivity contribution in [2.45, 2.75) is 43.9 Å². The van der Waals surface area contributed by atoms with Crippen molar-refractivity contribution in [2.24, 2.45) is 0 Å². The van der Waals surface area contributed by atoms with Gasteiger partial charge in [-0.15, -0.1) is 0 Å². The summed E-state index contributed by atoms with van der Waals surface area (Å²) in [5, 5.41) is 2.75. The maximum Gasteiger partial charge on any atom is 0.118 e. The van der Waals surface area contributed by atoms with Crippen LogP contribution < -0.4 is 20.1 Å². The SMILES string of the molecule is CCCCN(P(c1ccc(OC)cc1)c1ccc(OC)cc1)P1[C@H](c2ccccc2)CC[C@H]1c1ccccc1. The Kier molecular flexibility index (Phi) is 9.70. The summed E-state index contributed by atoms with van der Waals surface area (Å²) in [6, 6.07) is 40.2. The molecule has 3 nitrogen and oxygen atoms in total. The monoisotopic (exact) mass is 555 g/mol. The fraction of sp³-hybridized carbons (Fsp3) is 0.294. The van der Waals surface area contributed by atoms with Gasteiger partial charge in [-0.05, 0) is 97.6 Å². The van der Waals surface area contributed by atoms with Crippen LogP contribution in [-0.2, 0) is 0 Å². The van der Waals surface area contributed by atoms with E-state index in [0.717, 1.165) is 18.0 Å². The zero-order chi connectivity index (χ0) is 27.0. The van der Waals surface area contributed by atoms with Crippen LogP contribution in [0.5, 0.6) is 11.5 Å². The van der Waals surface area contributed by atoms with Gasteiger partial charge < -0.3 is 9.47 Å². The predicted molar refractivity (Wildman–Crippen MR) is 168 cm³/mol. The van der Waals surface area contributed by atoms with Crippen molar-refractivity contribution in [3.8, 4) is 11.5 Å². The molecule has 4 aromatic carbocycles. The van der Waals surface area contributed by atoms with E-state index in [1.165, 1.54) is 47.4 Å². The van der Waals surface area contributed by atoms with Gasteiger partial charge in [0.15, 0.2) is 0 Å². The van der Waals surface area contributed by atoms with E-state index in [2.05, 4.69) is 121 Å². The van der Waals surface area contributed by atoms with Gasteiger partial charge in [0.05, 0.1) is 14.2 Å². The molecular weight excluding hydrogens is 516 g/mol. The summed E-state index contributed by atoms with van der Waals surface area (Å²) in [5.74, 6) is 1.80. The molecule has 0 radical (unpaired) electrons. The number of hydrogen-bond acceptors (Lipinski definition) is 3. The molecule has 0 bridgehead atoms. The lowest BCUT2D eigenvalue weighted by Crippen LogP contribution is -2.28. The first kappa shape index (κ1) is 27.9. The highest BCUT2D eigenvalue weighted by atomic mass is 31.2. The second-order valence-corrected chi connectivity index (χ2v) is 14.9. The van der Waals surface area contributed by atoms with Gasteiger partial charge >= 0.3 is 0 Å². The first-order valence-electron chi connectivity index (χ1n) is 14.0. The molecule has 1 fully saturated rings. The summed E-state index contributed by atoms with van der Waals surface area (Å²) in [7, 11) is 2.22. The molecule has 0 spiro atoms. The van der Waals surface area contributed by atoms with Crippen LogP contribution in [0.4, 0.5) is 0 Å². The van der Waals surface area contributed by atoms with Crippen molar-refractivity contribution >= 4 is 26.8 Å². The summed E-state index contributed by atoms with van der Waals surface area (Å²) in [6.45, 7) is 3.41. The molecule has 0 aliphatic carbocycles. The first-order chi connectivity index (χ1) is 19.2. The molecule has 4 aromatic rings. The van der Waals surface area contributed by atoms with Gasteiger partial charge in [0.1, 0.15) is 11.5 Å². The smallest absolute Gasteiger partial charge is 0.118 e. The van der Waals surface area contributed by atoms with Gasteiger partial charge in [0, 0.05) is 25.9 Å². The molecule has 0 saturated carbocycles. The zero-order valence-electron chi connectivity index (χ0n) is 23.2. The van der Waals surface area contributed by atoms with Gasteiger partial charge in [-0.3, -0.25) is 4.44 Å². The third kappa shape index (κ3) is 6.38. The van der Waals surface area contributed by atoms with Crippen molar-refractivity contribution < 1.29 is 9.47 Å². The van der Waals surface area contributed by atoms with Crippen LogP contribution in [0.1, 0.15) is 55.1 Å². The number of rotatable bonds is 11. The highest BCUT2D eigenvalue weighted by molar-refractivity contribution is 7.79. The molecule has 202 valence electrons. The van der Waals surface area contributed by atoms with E-state index < -0.39 is 16.1 Å². The van der Waals surface area contributed by atoms with Crippen LogP contribution in [0.3, 0.4) is 0 Å². The standard InChI is InChI=1S/C34H39NO2P2/c1-4-5-26-35(38(31-20-16-29(36-2)17-21-31)32-22-18-30(37-3)19-23-32)39-33(27-12-8-6-9-13-27)24-25-34(39)28-14-10-7-11-15-28/h6-23,33-34H,4-5,24-26H2,1-3H3/t33-,34-/m0/s1. The summed E-state index contributed by atoms with van der Waals surface area (Å²) in [4.78, 5) is 0. The van der Waals surface area contributed by atoms with E-state index in [-0.39, 0.29) is 0 Å².